The maximum absolute atomic E-state index is 11.5. The zero-order valence-electron chi connectivity index (χ0n) is 11.0. The highest BCUT2D eigenvalue weighted by Gasteiger charge is 2.06. The minimum Gasteiger partial charge on any atom is -0.494 e. The van der Waals surface area contributed by atoms with Crippen molar-refractivity contribution in [1.29, 1.82) is 0 Å². The maximum atomic E-state index is 11.5. The van der Waals surface area contributed by atoms with Crippen LogP contribution in [0.2, 0.25) is 0 Å². The van der Waals surface area contributed by atoms with Crippen molar-refractivity contribution in [3.63, 3.8) is 0 Å². The van der Waals surface area contributed by atoms with Gasteiger partial charge >= 0.3 is 5.97 Å². The molecule has 0 aliphatic rings. The van der Waals surface area contributed by atoms with Gasteiger partial charge in [-0.15, -0.1) is 0 Å². The summed E-state index contributed by atoms with van der Waals surface area (Å²) in [4.78, 5) is 21.8. The molecule has 2 N–H and O–H groups in total. The predicted octanol–water partition coefficient (Wildman–Crippen LogP) is 2.67. The molecule has 104 valence electrons. The standard InChI is InChI=1S/C14H19NO4/c1-2-3-9-19-12-6-4-5-11(10-12)15-13(16)7-8-14(17)18/h4-6,10H,2-3,7-9H2,1H3,(H,15,16)(H,17,18). The van der Waals surface area contributed by atoms with Gasteiger partial charge in [0.05, 0.1) is 13.0 Å². The molecule has 19 heavy (non-hydrogen) atoms. The first-order valence-corrected chi connectivity index (χ1v) is 6.36. The molecule has 0 bridgehead atoms. The molecule has 5 heteroatoms. The Morgan fingerprint density at radius 2 is 2.11 bits per heavy atom. The van der Waals surface area contributed by atoms with E-state index in [2.05, 4.69) is 12.2 Å². The van der Waals surface area contributed by atoms with Crippen LogP contribution in [0.1, 0.15) is 32.6 Å². The summed E-state index contributed by atoms with van der Waals surface area (Å²) in [6.07, 6.45) is 1.84. The molecule has 0 radical (unpaired) electrons. The minimum atomic E-state index is -0.980. The van der Waals surface area contributed by atoms with Crippen molar-refractivity contribution < 1.29 is 19.4 Å². The van der Waals surface area contributed by atoms with Crippen LogP contribution < -0.4 is 10.1 Å². The zero-order chi connectivity index (χ0) is 14.1. The molecule has 0 aliphatic carbocycles. The van der Waals surface area contributed by atoms with Crippen molar-refractivity contribution in [3.05, 3.63) is 24.3 Å². The molecule has 1 amide bonds. The van der Waals surface area contributed by atoms with E-state index < -0.39 is 5.97 Å². The number of carboxylic acid groups (broad SMARTS) is 1. The normalized spacial score (nSPS) is 9.95. The number of amides is 1. The molecular formula is C14H19NO4. The average molecular weight is 265 g/mol. The molecule has 1 rings (SSSR count). The zero-order valence-corrected chi connectivity index (χ0v) is 11.0. The van der Waals surface area contributed by atoms with Crippen molar-refractivity contribution in [2.45, 2.75) is 32.6 Å². The number of unbranched alkanes of at least 4 members (excludes halogenated alkanes) is 1. The quantitative estimate of drug-likeness (QED) is 0.708. The SMILES string of the molecule is CCCCOc1cccc(NC(=O)CCC(=O)O)c1. The summed E-state index contributed by atoms with van der Waals surface area (Å²) in [6, 6.07) is 7.08. The highest BCUT2D eigenvalue weighted by Crippen LogP contribution is 2.18. The number of nitrogens with one attached hydrogen (secondary N) is 1. The lowest BCUT2D eigenvalue weighted by atomic mass is 10.2. The summed E-state index contributed by atoms with van der Waals surface area (Å²) in [5.74, 6) is -0.593. The van der Waals surface area contributed by atoms with Crippen LogP contribution in [0.15, 0.2) is 24.3 Å². The lowest BCUT2D eigenvalue weighted by Gasteiger charge is -2.08. The van der Waals surface area contributed by atoms with Gasteiger partial charge in [-0.3, -0.25) is 9.59 Å². The van der Waals surface area contributed by atoms with E-state index in [1.54, 1.807) is 18.2 Å². The molecule has 0 spiro atoms. The lowest BCUT2D eigenvalue weighted by molar-refractivity contribution is -0.138. The number of benzene rings is 1. The van der Waals surface area contributed by atoms with E-state index in [-0.39, 0.29) is 18.7 Å². The third kappa shape index (κ3) is 6.45. The van der Waals surface area contributed by atoms with E-state index in [4.69, 9.17) is 9.84 Å². The Labute approximate surface area is 112 Å². The van der Waals surface area contributed by atoms with Crippen LogP contribution in [0.4, 0.5) is 5.69 Å². The number of rotatable bonds is 8. The van der Waals surface area contributed by atoms with Crippen molar-refractivity contribution in [2.24, 2.45) is 0 Å². The topological polar surface area (TPSA) is 75.6 Å². The summed E-state index contributed by atoms with van der Waals surface area (Å²) in [7, 11) is 0. The van der Waals surface area contributed by atoms with Gasteiger partial charge in [0.2, 0.25) is 5.91 Å². The van der Waals surface area contributed by atoms with Gasteiger partial charge in [0.1, 0.15) is 5.75 Å². The molecule has 0 unspecified atom stereocenters. The highest BCUT2D eigenvalue weighted by atomic mass is 16.5. The predicted molar refractivity (Wildman–Crippen MR) is 72.3 cm³/mol. The van der Waals surface area contributed by atoms with Crippen LogP contribution in [-0.2, 0) is 9.59 Å². The van der Waals surface area contributed by atoms with E-state index in [0.717, 1.165) is 12.8 Å². The number of carboxylic acids is 1. The van der Waals surface area contributed by atoms with Crippen LogP contribution in [0.25, 0.3) is 0 Å². The molecule has 0 saturated heterocycles. The Bertz CT molecular complexity index is 431. The number of aliphatic carboxylic acids is 1. The monoisotopic (exact) mass is 265 g/mol. The van der Waals surface area contributed by atoms with Gasteiger partial charge in [-0.1, -0.05) is 19.4 Å². The molecule has 1 aromatic carbocycles. The van der Waals surface area contributed by atoms with E-state index >= 15 is 0 Å². The molecule has 0 aliphatic heterocycles. The molecule has 0 heterocycles. The second kappa shape index (κ2) is 8.13. The van der Waals surface area contributed by atoms with Crippen LogP contribution in [-0.4, -0.2) is 23.6 Å². The second-order valence-electron chi connectivity index (χ2n) is 4.17. The molecule has 0 aromatic heterocycles. The van der Waals surface area contributed by atoms with E-state index in [1.807, 2.05) is 6.07 Å². The fraction of sp³-hybridized carbons (Fsp3) is 0.429. The van der Waals surface area contributed by atoms with Gasteiger partial charge in [0.15, 0.2) is 0 Å². The summed E-state index contributed by atoms with van der Waals surface area (Å²) in [5, 5.41) is 11.1. The second-order valence-corrected chi connectivity index (χ2v) is 4.17. The van der Waals surface area contributed by atoms with Crippen molar-refractivity contribution in [3.8, 4) is 5.75 Å². The first-order valence-electron chi connectivity index (χ1n) is 6.36. The number of carbonyl (C=O) groups excluding carboxylic acids is 1. The molecule has 0 atom stereocenters. The fourth-order valence-electron chi connectivity index (χ4n) is 1.44. The van der Waals surface area contributed by atoms with Crippen molar-refractivity contribution in [2.75, 3.05) is 11.9 Å². The third-order valence-corrected chi connectivity index (χ3v) is 2.45. The van der Waals surface area contributed by atoms with E-state index in [1.165, 1.54) is 0 Å². The van der Waals surface area contributed by atoms with Crippen LogP contribution in [0.3, 0.4) is 0 Å². The van der Waals surface area contributed by atoms with Crippen LogP contribution in [0, 0.1) is 0 Å². The van der Waals surface area contributed by atoms with Crippen molar-refractivity contribution >= 4 is 17.6 Å². The maximum Gasteiger partial charge on any atom is 0.303 e. The first kappa shape index (κ1) is 15.0. The molecule has 5 nitrogen and oxygen atoms in total. The van der Waals surface area contributed by atoms with E-state index in [9.17, 15) is 9.59 Å². The highest BCUT2D eigenvalue weighted by molar-refractivity contribution is 5.92. The Balaban J connectivity index is 2.47. The van der Waals surface area contributed by atoms with Gasteiger partial charge in [-0.25, -0.2) is 0 Å². The Morgan fingerprint density at radius 3 is 2.79 bits per heavy atom. The van der Waals surface area contributed by atoms with E-state index in [0.29, 0.717) is 18.0 Å². The first-order chi connectivity index (χ1) is 9.11. The van der Waals surface area contributed by atoms with Gasteiger partial charge in [0, 0.05) is 18.2 Å². The fourth-order valence-corrected chi connectivity index (χ4v) is 1.44. The Morgan fingerprint density at radius 1 is 1.32 bits per heavy atom. The van der Waals surface area contributed by atoms with Gasteiger partial charge in [0.25, 0.3) is 0 Å². The Hall–Kier alpha value is -2.04. The number of ether oxygens (including phenoxy) is 1. The van der Waals surface area contributed by atoms with Gasteiger partial charge < -0.3 is 15.2 Å². The molecule has 0 saturated carbocycles. The number of hydrogen-bond acceptors (Lipinski definition) is 3. The summed E-state index contributed by atoms with van der Waals surface area (Å²) in [6.45, 7) is 2.73. The smallest absolute Gasteiger partial charge is 0.303 e. The molecular weight excluding hydrogens is 246 g/mol. The lowest BCUT2D eigenvalue weighted by Crippen LogP contribution is -2.13. The van der Waals surface area contributed by atoms with Gasteiger partial charge in [-0.05, 0) is 18.6 Å². The molecule has 0 fully saturated rings. The number of carbonyl (C=O) groups is 2. The molecule has 1 aromatic rings. The van der Waals surface area contributed by atoms with Crippen molar-refractivity contribution in [1.82, 2.24) is 0 Å². The summed E-state index contributed by atoms with van der Waals surface area (Å²) in [5.41, 5.74) is 0.615. The third-order valence-electron chi connectivity index (χ3n) is 2.45. The average Bonchev–Trinajstić information content (AvgIpc) is 2.37. The summed E-state index contributed by atoms with van der Waals surface area (Å²) < 4.78 is 5.52. The number of hydrogen-bond donors (Lipinski definition) is 2. The largest absolute Gasteiger partial charge is 0.494 e. The van der Waals surface area contributed by atoms with Gasteiger partial charge in [-0.2, -0.15) is 0 Å². The summed E-state index contributed by atoms with van der Waals surface area (Å²) >= 11 is 0. The Kier molecular flexibility index (Phi) is 6.43. The number of anilines is 1. The van der Waals surface area contributed by atoms with Crippen LogP contribution in [0.5, 0.6) is 5.75 Å². The minimum absolute atomic E-state index is 0.0315. The van der Waals surface area contributed by atoms with Crippen LogP contribution >= 0.6 is 0 Å².